The van der Waals surface area contributed by atoms with E-state index < -0.39 is 0 Å². The van der Waals surface area contributed by atoms with E-state index in [9.17, 15) is 4.79 Å². The van der Waals surface area contributed by atoms with Crippen molar-refractivity contribution in [2.24, 2.45) is 0 Å². The summed E-state index contributed by atoms with van der Waals surface area (Å²) >= 11 is 1.14. The molecule has 4 aromatic heterocycles. The summed E-state index contributed by atoms with van der Waals surface area (Å²) in [6, 6.07) is 17.6. The van der Waals surface area contributed by atoms with Crippen LogP contribution in [0.2, 0.25) is 0 Å². The highest BCUT2D eigenvalue weighted by molar-refractivity contribution is 7.99. The van der Waals surface area contributed by atoms with Crippen LogP contribution in [0.5, 0.6) is 0 Å². The van der Waals surface area contributed by atoms with Crippen LogP contribution >= 0.6 is 11.8 Å². The lowest BCUT2D eigenvalue weighted by Crippen LogP contribution is -2.06. The third-order valence-electron chi connectivity index (χ3n) is 5.34. The molecule has 4 heterocycles. The molecule has 0 bridgehead atoms. The first kappa shape index (κ1) is 21.2. The molecule has 0 spiro atoms. The predicted molar refractivity (Wildman–Crippen MR) is 128 cm³/mol. The quantitative estimate of drug-likeness (QED) is 0.245. The van der Waals surface area contributed by atoms with Crippen molar-refractivity contribution >= 4 is 45.6 Å². The normalized spacial score (nSPS) is 11.6. The van der Waals surface area contributed by atoms with E-state index in [-0.39, 0.29) is 18.3 Å². The van der Waals surface area contributed by atoms with Gasteiger partial charge in [0.25, 0.3) is 11.0 Å². The lowest BCUT2D eigenvalue weighted by Gasteiger charge is -2.03. The summed E-state index contributed by atoms with van der Waals surface area (Å²) in [6.07, 6.45) is 0. The van der Waals surface area contributed by atoms with E-state index in [1.165, 1.54) is 0 Å². The molecule has 0 fully saturated rings. The van der Waals surface area contributed by atoms with Crippen molar-refractivity contribution in [3.63, 3.8) is 0 Å². The van der Waals surface area contributed by atoms with Crippen LogP contribution in [-0.2, 0) is 16.1 Å². The maximum Gasteiger partial charge on any atom is 0.316 e. The Morgan fingerprint density at radius 3 is 2.71 bits per heavy atom. The molecule has 174 valence electrons. The van der Waals surface area contributed by atoms with Gasteiger partial charge in [0.15, 0.2) is 11.5 Å². The SMILES string of the molecule is CCOC(=O)CSc1nnc(Cn2c3ccccc3c3nn4c(-c5ccccc5)nnc4nc32)o1. The van der Waals surface area contributed by atoms with Gasteiger partial charge in [0, 0.05) is 10.9 Å². The average Bonchev–Trinajstić information content (AvgIpc) is 3.59. The van der Waals surface area contributed by atoms with Gasteiger partial charge in [0.1, 0.15) is 17.8 Å². The standard InChI is InChI=1S/C23H18N8O3S/c1-2-33-18(32)13-35-23-28-25-17(34-23)12-30-16-11-7-6-10-15(16)19-21(30)24-22-27-26-20(31(22)29-19)14-8-4-3-5-9-14/h3-11H,2,12-13H2,1H3. The highest BCUT2D eigenvalue weighted by atomic mass is 32.2. The minimum absolute atomic E-state index is 0.102. The van der Waals surface area contributed by atoms with Crippen molar-refractivity contribution in [3.05, 3.63) is 60.5 Å². The second-order valence-corrected chi connectivity index (χ2v) is 8.47. The molecule has 6 aromatic rings. The molecule has 6 rings (SSSR count). The minimum atomic E-state index is -0.331. The van der Waals surface area contributed by atoms with E-state index in [1.807, 2.05) is 59.2 Å². The van der Waals surface area contributed by atoms with Crippen molar-refractivity contribution in [2.75, 3.05) is 12.4 Å². The van der Waals surface area contributed by atoms with E-state index in [1.54, 1.807) is 11.4 Å². The summed E-state index contributed by atoms with van der Waals surface area (Å²) in [6.45, 7) is 2.37. The molecule has 0 amide bonds. The van der Waals surface area contributed by atoms with E-state index in [0.29, 0.717) is 40.5 Å². The van der Waals surface area contributed by atoms with Crippen molar-refractivity contribution in [1.29, 1.82) is 0 Å². The third-order valence-corrected chi connectivity index (χ3v) is 6.13. The first-order valence-corrected chi connectivity index (χ1v) is 11.9. The maximum absolute atomic E-state index is 11.6. The summed E-state index contributed by atoms with van der Waals surface area (Å²) in [5.74, 6) is 1.16. The average molecular weight is 487 g/mol. The van der Waals surface area contributed by atoms with E-state index >= 15 is 0 Å². The van der Waals surface area contributed by atoms with Crippen LogP contribution in [0.4, 0.5) is 0 Å². The fourth-order valence-electron chi connectivity index (χ4n) is 3.86. The fraction of sp³-hybridized carbons (Fsp3) is 0.174. The number of carbonyl (C=O) groups excluding carboxylic acids is 1. The Hall–Kier alpha value is -4.32. The Labute approximate surface area is 202 Å². The topological polar surface area (TPSA) is 126 Å². The number of ether oxygens (including phenoxy) is 1. The van der Waals surface area contributed by atoms with Gasteiger partial charge in [-0.1, -0.05) is 60.3 Å². The Bertz CT molecular complexity index is 1670. The molecule has 0 unspecified atom stereocenters. The van der Waals surface area contributed by atoms with Crippen LogP contribution in [0.3, 0.4) is 0 Å². The molecule has 0 aliphatic rings. The minimum Gasteiger partial charge on any atom is -0.465 e. The molecule has 12 heteroatoms. The van der Waals surface area contributed by atoms with E-state index in [2.05, 4.69) is 20.4 Å². The first-order valence-electron chi connectivity index (χ1n) is 10.9. The Morgan fingerprint density at radius 1 is 1.03 bits per heavy atom. The van der Waals surface area contributed by atoms with Crippen LogP contribution in [0.25, 0.3) is 39.2 Å². The number of thioether (sulfide) groups is 1. The number of aromatic nitrogens is 8. The summed E-state index contributed by atoms with van der Waals surface area (Å²) in [4.78, 5) is 16.4. The largest absolute Gasteiger partial charge is 0.465 e. The van der Waals surface area contributed by atoms with Gasteiger partial charge in [-0.25, -0.2) is 0 Å². The number of benzene rings is 2. The summed E-state index contributed by atoms with van der Waals surface area (Å²) in [7, 11) is 0. The van der Waals surface area contributed by atoms with Gasteiger partial charge >= 0.3 is 5.97 Å². The number of para-hydroxylation sites is 1. The van der Waals surface area contributed by atoms with Crippen LogP contribution in [0, 0.1) is 0 Å². The van der Waals surface area contributed by atoms with Crippen LogP contribution in [0.15, 0.2) is 64.2 Å². The van der Waals surface area contributed by atoms with Crippen molar-refractivity contribution in [1.82, 2.24) is 39.6 Å². The monoisotopic (exact) mass is 486 g/mol. The van der Waals surface area contributed by atoms with Crippen LogP contribution < -0.4 is 0 Å². The van der Waals surface area contributed by atoms with E-state index in [0.717, 1.165) is 28.2 Å². The van der Waals surface area contributed by atoms with Crippen LogP contribution in [0.1, 0.15) is 12.8 Å². The van der Waals surface area contributed by atoms with Crippen molar-refractivity contribution < 1.29 is 13.9 Å². The zero-order chi connectivity index (χ0) is 23.8. The molecule has 0 radical (unpaired) electrons. The van der Waals surface area contributed by atoms with Crippen molar-refractivity contribution in [2.45, 2.75) is 18.7 Å². The third kappa shape index (κ3) is 3.87. The molecule has 11 nitrogen and oxygen atoms in total. The molecule has 0 N–H and O–H groups in total. The highest BCUT2D eigenvalue weighted by Gasteiger charge is 2.20. The van der Waals surface area contributed by atoms with E-state index in [4.69, 9.17) is 19.2 Å². The van der Waals surface area contributed by atoms with Gasteiger partial charge in [-0.3, -0.25) is 4.79 Å². The molecule has 0 atom stereocenters. The lowest BCUT2D eigenvalue weighted by atomic mass is 10.2. The van der Waals surface area contributed by atoms with Crippen LogP contribution in [-0.4, -0.2) is 57.9 Å². The number of hydrogen-bond acceptors (Lipinski definition) is 10. The van der Waals surface area contributed by atoms with Gasteiger partial charge in [-0.15, -0.1) is 20.4 Å². The number of nitrogens with zero attached hydrogens (tertiary/aromatic N) is 8. The zero-order valence-corrected chi connectivity index (χ0v) is 19.3. The molecule has 2 aromatic carbocycles. The Morgan fingerprint density at radius 2 is 1.86 bits per heavy atom. The second kappa shape index (κ2) is 8.80. The number of fused-ring (bicyclic) bond motifs is 4. The second-order valence-electron chi connectivity index (χ2n) is 7.54. The summed E-state index contributed by atoms with van der Waals surface area (Å²) in [5.41, 5.74) is 3.16. The van der Waals surface area contributed by atoms with Gasteiger partial charge in [0.2, 0.25) is 5.89 Å². The molecule has 0 aliphatic carbocycles. The predicted octanol–water partition coefficient (Wildman–Crippen LogP) is 3.38. The number of esters is 1. The maximum atomic E-state index is 11.6. The molecular weight excluding hydrogens is 468 g/mol. The Kier molecular flexibility index (Phi) is 5.34. The fourth-order valence-corrected chi connectivity index (χ4v) is 4.44. The lowest BCUT2D eigenvalue weighted by molar-refractivity contribution is -0.139. The molecule has 0 aliphatic heterocycles. The zero-order valence-electron chi connectivity index (χ0n) is 18.5. The number of hydrogen-bond donors (Lipinski definition) is 0. The van der Waals surface area contributed by atoms with Gasteiger partial charge < -0.3 is 13.7 Å². The first-order chi connectivity index (χ1) is 17.2. The Balaban J connectivity index is 1.40. The summed E-state index contributed by atoms with van der Waals surface area (Å²) < 4.78 is 14.3. The molecule has 0 saturated carbocycles. The number of carbonyl (C=O) groups is 1. The summed E-state index contributed by atoms with van der Waals surface area (Å²) in [5, 5.41) is 22.8. The highest BCUT2D eigenvalue weighted by Crippen LogP contribution is 2.28. The molecular formula is C23H18N8O3S. The molecule has 35 heavy (non-hydrogen) atoms. The smallest absolute Gasteiger partial charge is 0.316 e. The van der Waals surface area contributed by atoms with Crippen molar-refractivity contribution in [3.8, 4) is 11.4 Å². The van der Waals surface area contributed by atoms with Gasteiger partial charge in [0.05, 0.1) is 12.1 Å². The number of rotatable bonds is 7. The van der Waals surface area contributed by atoms with Gasteiger partial charge in [-0.05, 0) is 13.0 Å². The molecule has 0 saturated heterocycles. The van der Waals surface area contributed by atoms with Gasteiger partial charge in [-0.2, -0.15) is 14.6 Å².